The molecule has 0 aliphatic rings. The molecular weight excluding hydrogens is 384 g/mol. The zero-order valence-electron chi connectivity index (χ0n) is 11.1. The first-order chi connectivity index (χ1) is 10.3. The summed E-state index contributed by atoms with van der Waals surface area (Å²) in [4.78, 5) is 0. The van der Waals surface area contributed by atoms with Gasteiger partial charge in [0.1, 0.15) is 5.69 Å². The summed E-state index contributed by atoms with van der Waals surface area (Å²) in [7, 11) is 0. The molecule has 0 amide bonds. The van der Waals surface area contributed by atoms with E-state index in [-0.39, 0.29) is 5.11 Å². The molecule has 0 unspecified atom stereocenters. The van der Waals surface area contributed by atoms with Crippen molar-refractivity contribution in [2.24, 2.45) is 0 Å². The predicted molar refractivity (Wildman–Crippen MR) is 85.0 cm³/mol. The van der Waals surface area contributed by atoms with E-state index in [1.54, 1.807) is 24.3 Å². The van der Waals surface area contributed by atoms with Gasteiger partial charge in [-0.15, -0.1) is 0 Å². The second-order valence-electron chi connectivity index (χ2n) is 4.39. The Balaban J connectivity index is 2.24. The summed E-state index contributed by atoms with van der Waals surface area (Å²) in [5, 5.41) is 4.57. The lowest BCUT2D eigenvalue weighted by molar-refractivity contribution is 0.452. The van der Waals surface area contributed by atoms with Crippen LogP contribution in [-0.2, 0) is 0 Å². The summed E-state index contributed by atoms with van der Waals surface area (Å²) in [6, 6.07) is 6.98. The number of benzene rings is 2. The smallest absolute Gasteiger partial charge is 0.186 e. The Morgan fingerprint density at radius 2 is 1.41 bits per heavy atom. The highest BCUT2D eigenvalue weighted by molar-refractivity contribution is 9.10. The molecule has 0 atom stereocenters. The minimum atomic E-state index is -1.57. The molecule has 0 bridgehead atoms. The fraction of sp³-hybridized carbons (Fsp3) is 0.0714. The monoisotopic (exact) mass is 392 g/mol. The second kappa shape index (κ2) is 6.62. The Hall–Kier alpha value is -1.67. The number of anilines is 2. The standard InChI is InChI=1S/C14H9BrF4N2S/c1-6-2-4-7(5-3-6)20-14(22)21-13-11(18)9(16)8(15)10(17)12(13)19/h2-5H,1H3,(H2,20,21,22). The van der Waals surface area contributed by atoms with Gasteiger partial charge in [-0.3, -0.25) is 0 Å². The molecule has 0 radical (unpaired) electrons. The quantitative estimate of drug-likeness (QED) is 0.321. The Morgan fingerprint density at radius 3 is 1.91 bits per heavy atom. The molecule has 0 saturated heterocycles. The molecule has 2 aromatic carbocycles. The van der Waals surface area contributed by atoms with Crippen molar-refractivity contribution >= 4 is 44.6 Å². The lowest BCUT2D eigenvalue weighted by Crippen LogP contribution is -2.21. The molecule has 0 saturated carbocycles. The maximum Gasteiger partial charge on any atom is 0.186 e. The van der Waals surface area contributed by atoms with Gasteiger partial charge in [0.05, 0.1) is 4.47 Å². The van der Waals surface area contributed by atoms with Crippen LogP contribution in [0.15, 0.2) is 28.7 Å². The van der Waals surface area contributed by atoms with Gasteiger partial charge in [0.15, 0.2) is 28.4 Å². The van der Waals surface area contributed by atoms with Crippen LogP contribution in [0.25, 0.3) is 0 Å². The minimum Gasteiger partial charge on any atom is -0.332 e. The first kappa shape index (κ1) is 16.7. The highest BCUT2D eigenvalue weighted by Crippen LogP contribution is 2.31. The van der Waals surface area contributed by atoms with E-state index in [0.717, 1.165) is 5.56 Å². The number of rotatable bonds is 2. The van der Waals surface area contributed by atoms with Crippen LogP contribution in [0.2, 0.25) is 0 Å². The molecule has 2 rings (SSSR count). The molecular formula is C14H9BrF4N2S. The zero-order valence-corrected chi connectivity index (χ0v) is 13.5. The number of hydrogen-bond donors (Lipinski definition) is 2. The van der Waals surface area contributed by atoms with Gasteiger partial charge in [0.25, 0.3) is 0 Å². The molecule has 8 heteroatoms. The lowest BCUT2D eigenvalue weighted by atomic mass is 10.2. The van der Waals surface area contributed by atoms with Gasteiger partial charge in [-0.1, -0.05) is 17.7 Å². The van der Waals surface area contributed by atoms with Gasteiger partial charge in [0, 0.05) is 5.69 Å². The number of hydrogen-bond acceptors (Lipinski definition) is 1. The Kier molecular flexibility index (Phi) is 5.02. The summed E-state index contributed by atoms with van der Waals surface area (Å²) < 4.78 is 53.3. The topological polar surface area (TPSA) is 24.1 Å². The average Bonchev–Trinajstić information content (AvgIpc) is 2.50. The third-order valence-corrected chi connectivity index (χ3v) is 3.66. The molecule has 0 fully saturated rings. The van der Waals surface area contributed by atoms with E-state index in [2.05, 4.69) is 26.6 Å². The summed E-state index contributed by atoms with van der Waals surface area (Å²) >= 11 is 7.31. The van der Waals surface area contributed by atoms with E-state index in [9.17, 15) is 17.6 Å². The summed E-state index contributed by atoms with van der Waals surface area (Å²) in [6.45, 7) is 1.89. The normalized spacial score (nSPS) is 10.5. The largest absolute Gasteiger partial charge is 0.332 e. The molecule has 0 aliphatic carbocycles. The molecule has 2 aromatic rings. The average molecular weight is 393 g/mol. The number of halogens is 5. The number of nitrogens with one attached hydrogen (secondary N) is 2. The van der Waals surface area contributed by atoms with Crippen LogP contribution in [0.5, 0.6) is 0 Å². The Labute approximate surface area is 137 Å². The molecule has 22 heavy (non-hydrogen) atoms. The first-order valence-corrected chi connectivity index (χ1v) is 7.17. The first-order valence-electron chi connectivity index (χ1n) is 5.97. The van der Waals surface area contributed by atoms with Crippen molar-refractivity contribution in [3.05, 3.63) is 57.6 Å². The summed E-state index contributed by atoms with van der Waals surface area (Å²) in [5.41, 5.74) is 0.573. The van der Waals surface area contributed by atoms with E-state index < -0.39 is 33.4 Å². The van der Waals surface area contributed by atoms with Crippen LogP contribution in [-0.4, -0.2) is 5.11 Å². The SMILES string of the molecule is Cc1ccc(NC(=S)Nc2c(F)c(F)c(Br)c(F)c2F)cc1. The van der Waals surface area contributed by atoms with Crippen LogP contribution in [0.4, 0.5) is 28.9 Å². The van der Waals surface area contributed by atoms with Crippen LogP contribution < -0.4 is 10.6 Å². The van der Waals surface area contributed by atoms with Gasteiger partial charge in [-0.25, -0.2) is 17.6 Å². The van der Waals surface area contributed by atoms with E-state index in [1.165, 1.54) is 0 Å². The summed E-state index contributed by atoms with van der Waals surface area (Å²) in [5.74, 6) is -6.23. The van der Waals surface area contributed by atoms with Crippen molar-refractivity contribution in [2.45, 2.75) is 6.92 Å². The maximum atomic E-state index is 13.7. The van der Waals surface area contributed by atoms with Crippen molar-refractivity contribution in [1.29, 1.82) is 0 Å². The van der Waals surface area contributed by atoms with Gasteiger partial charge >= 0.3 is 0 Å². The van der Waals surface area contributed by atoms with Gasteiger partial charge in [-0.2, -0.15) is 0 Å². The summed E-state index contributed by atoms with van der Waals surface area (Å²) in [6.07, 6.45) is 0. The third kappa shape index (κ3) is 3.38. The van der Waals surface area contributed by atoms with Crippen LogP contribution in [0.3, 0.4) is 0 Å². The molecule has 0 aliphatic heterocycles. The van der Waals surface area contributed by atoms with Crippen molar-refractivity contribution in [3.8, 4) is 0 Å². The zero-order chi connectivity index (χ0) is 16.4. The van der Waals surface area contributed by atoms with E-state index in [0.29, 0.717) is 5.69 Å². The van der Waals surface area contributed by atoms with Gasteiger partial charge < -0.3 is 10.6 Å². The lowest BCUT2D eigenvalue weighted by Gasteiger charge is -2.13. The van der Waals surface area contributed by atoms with Gasteiger partial charge in [-0.05, 0) is 47.2 Å². The predicted octanol–water partition coefficient (Wildman–Crippen LogP) is 5.12. The van der Waals surface area contributed by atoms with Crippen molar-refractivity contribution in [1.82, 2.24) is 0 Å². The molecule has 0 heterocycles. The van der Waals surface area contributed by atoms with Crippen LogP contribution in [0, 0.1) is 30.2 Å². The molecule has 2 nitrogen and oxygen atoms in total. The molecule has 2 N–H and O–H groups in total. The third-order valence-electron chi connectivity index (χ3n) is 2.76. The van der Waals surface area contributed by atoms with E-state index in [4.69, 9.17) is 12.2 Å². The highest BCUT2D eigenvalue weighted by atomic mass is 79.9. The minimum absolute atomic E-state index is 0.206. The fourth-order valence-corrected chi connectivity index (χ4v) is 2.20. The van der Waals surface area contributed by atoms with E-state index >= 15 is 0 Å². The highest BCUT2D eigenvalue weighted by Gasteiger charge is 2.24. The molecule has 116 valence electrons. The van der Waals surface area contributed by atoms with Crippen molar-refractivity contribution in [2.75, 3.05) is 10.6 Å². The number of thiocarbonyl (C=S) groups is 1. The molecule has 0 spiro atoms. The fourth-order valence-electron chi connectivity index (χ4n) is 1.63. The van der Waals surface area contributed by atoms with E-state index in [1.807, 2.05) is 6.92 Å². The maximum absolute atomic E-state index is 13.7. The van der Waals surface area contributed by atoms with Crippen molar-refractivity contribution in [3.63, 3.8) is 0 Å². The number of aryl methyl sites for hydroxylation is 1. The Bertz CT molecular complexity index is 706. The van der Waals surface area contributed by atoms with Crippen molar-refractivity contribution < 1.29 is 17.6 Å². The molecule has 0 aromatic heterocycles. The van der Waals surface area contributed by atoms with Crippen LogP contribution in [0.1, 0.15) is 5.56 Å². The Morgan fingerprint density at radius 1 is 0.909 bits per heavy atom. The van der Waals surface area contributed by atoms with Gasteiger partial charge in [0.2, 0.25) is 0 Å². The second-order valence-corrected chi connectivity index (χ2v) is 5.59. The van der Waals surface area contributed by atoms with Crippen LogP contribution >= 0.6 is 28.1 Å².